The summed E-state index contributed by atoms with van der Waals surface area (Å²) in [6.07, 6.45) is 0. The van der Waals surface area contributed by atoms with Gasteiger partial charge in [-0.05, 0) is 33.8 Å². The molecule has 0 spiro atoms. The standard InChI is InChI=1S/C12H18N/c1-10(2)13(11(3)4)12-8-6-5-7-9-12/h5-8,10-11H,1-4H3. The summed E-state index contributed by atoms with van der Waals surface area (Å²) in [5.41, 5.74) is 1.19. The van der Waals surface area contributed by atoms with Crippen LogP contribution in [0.25, 0.3) is 0 Å². The van der Waals surface area contributed by atoms with Crippen molar-refractivity contribution in [3.63, 3.8) is 0 Å². The van der Waals surface area contributed by atoms with E-state index in [2.05, 4.69) is 50.8 Å². The molecule has 71 valence electrons. The molecule has 1 rings (SSSR count). The number of anilines is 1. The lowest BCUT2D eigenvalue weighted by molar-refractivity contribution is 0.608. The van der Waals surface area contributed by atoms with Crippen LogP contribution < -0.4 is 4.90 Å². The van der Waals surface area contributed by atoms with Gasteiger partial charge in [-0.25, -0.2) is 0 Å². The summed E-state index contributed by atoms with van der Waals surface area (Å²) in [4.78, 5) is 2.36. The van der Waals surface area contributed by atoms with E-state index in [-0.39, 0.29) is 0 Å². The van der Waals surface area contributed by atoms with Gasteiger partial charge in [-0.2, -0.15) is 0 Å². The maximum Gasteiger partial charge on any atom is 0.0451 e. The van der Waals surface area contributed by atoms with Gasteiger partial charge in [0.2, 0.25) is 0 Å². The molecule has 1 radical (unpaired) electrons. The predicted octanol–water partition coefficient (Wildman–Crippen LogP) is 3.11. The number of rotatable bonds is 3. The van der Waals surface area contributed by atoms with Gasteiger partial charge in [-0.1, -0.05) is 18.2 Å². The summed E-state index contributed by atoms with van der Waals surface area (Å²) in [5, 5.41) is 0. The first-order valence-electron chi connectivity index (χ1n) is 4.88. The van der Waals surface area contributed by atoms with E-state index in [1.165, 1.54) is 5.69 Å². The minimum Gasteiger partial charge on any atom is -0.366 e. The van der Waals surface area contributed by atoms with Crippen LogP contribution in [0, 0.1) is 6.07 Å². The summed E-state index contributed by atoms with van der Waals surface area (Å²) >= 11 is 0. The fraction of sp³-hybridized carbons (Fsp3) is 0.500. The zero-order chi connectivity index (χ0) is 9.84. The van der Waals surface area contributed by atoms with Crippen LogP contribution in [0.15, 0.2) is 24.3 Å². The quantitative estimate of drug-likeness (QED) is 0.684. The molecule has 0 saturated carbocycles. The Morgan fingerprint density at radius 3 is 2.08 bits per heavy atom. The van der Waals surface area contributed by atoms with Gasteiger partial charge in [0.1, 0.15) is 0 Å². The monoisotopic (exact) mass is 176 g/mol. The van der Waals surface area contributed by atoms with Gasteiger partial charge in [0.25, 0.3) is 0 Å². The highest BCUT2D eigenvalue weighted by Crippen LogP contribution is 2.18. The predicted molar refractivity (Wildman–Crippen MR) is 58.0 cm³/mol. The van der Waals surface area contributed by atoms with Crippen molar-refractivity contribution in [3.8, 4) is 0 Å². The third-order valence-corrected chi connectivity index (χ3v) is 2.08. The third kappa shape index (κ3) is 2.48. The van der Waals surface area contributed by atoms with Crippen LogP contribution in [0.1, 0.15) is 27.7 Å². The second kappa shape index (κ2) is 4.31. The lowest BCUT2D eigenvalue weighted by Gasteiger charge is -2.32. The van der Waals surface area contributed by atoms with Crippen LogP contribution in [0.5, 0.6) is 0 Å². The number of hydrogen-bond donors (Lipinski definition) is 0. The fourth-order valence-corrected chi connectivity index (χ4v) is 1.70. The average molecular weight is 176 g/mol. The first-order chi connectivity index (χ1) is 6.13. The Balaban J connectivity index is 2.89. The van der Waals surface area contributed by atoms with Crippen molar-refractivity contribution >= 4 is 5.69 Å². The Morgan fingerprint density at radius 1 is 1.08 bits per heavy atom. The largest absolute Gasteiger partial charge is 0.366 e. The molecule has 0 atom stereocenters. The van der Waals surface area contributed by atoms with Crippen molar-refractivity contribution in [2.75, 3.05) is 4.90 Å². The molecule has 0 heterocycles. The van der Waals surface area contributed by atoms with E-state index in [4.69, 9.17) is 0 Å². The van der Waals surface area contributed by atoms with E-state index >= 15 is 0 Å². The normalized spacial score (nSPS) is 10.9. The minimum atomic E-state index is 0.527. The van der Waals surface area contributed by atoms with Gasteiger partial charge < -0.3 is 4.90 Å². The number of para-hydroxylation sites is 1. The molecule has 0 aliphatic carbocycles. The molecule has 1 aromatic carbocycles. The molecule has 0 aromatic heterocycles. The molecule has 1 heteroatoms. The van der Waals surface area contributed by atoms with Crippen molar-refractivity contribution in [1.82, 2.24) is 0 Å². The highest BCUT2D eigenvalue weighted by molar-refractivity contribution is 5.46. The van der Waals surface area contributed by atoms with Crippen molar-refractivity contribution in [3.05, 3.63) is 30.3 Å². The summed E-state index contributed by atoms with van der Waals surface area (Å²) in [6, 6.07) is 12.4. The Kier molecular flexibility index (Phi) is 3.35. The maximum atomic E-state index is 3.26. The first-order valence-corrected chi connectivity index (χ1v) is 4.88. The maximum absolute atomic E-state index is 3.26. The number of nitrogens with zero attached hydrogens (tertiary/aromatic N) is 1. The van der Waals surface area contributed by atoms with Gasteiger partial charge in [-0.3, -0.25) is 0 Å². The molecular weight excluding hydrogens is 158 g/mol. The molecule has 0 fully saturated rings. The van der Waals surface area contributed by atoms with Crippen LogP contribution in [0.2, 0.25) is 0 Å². The van der Waals surface area contributed by atoms with Crippen molar-refractivity contribution in [2.24, 2.45) is 0 Å². The second-order valence-corrected chi connectivity index (χ2v) is 3.84. The van der Waals surface area contributed by atoms with Crippen LogP contribution >= 0.6 is 0 Å². The van der Waals surface area contributed by atoms with Crippen LogP contribution in [0.3, 0.4) is 0 Å². The van der Waals surface area contributed by atoms with E-state index < -0.39 is 0 Å². The Morgan fingerprint density at radius 2 is 1.69 bits per heavy atom. The van der Waals surface area contributed by atoms with Crippen molar-refractivity contribution in [2.45, 2.75) is 39.8 Å². The first kappa shape index (κ1) is 10.1. The van der Waals surface area contributed by atoms with E-state index in [0.29, 0.717) is 12.1 Å². The van der Waals surface area contributed by atoms with Gasteiger partial charge >= 0.3 is 0 Å². The molecule has 0 amide bonds. The Labute approximate surface area is 81.4 Å². The highest BCUT2D eigenvalue weighted by Gasteiger charge is 2.12. The SMILES string of the molecule is CC(C)N(c1[c]cccc1)C(C)C. The zero-order valence-corrected chi connectivity index (χ0v) is 8.91. The number of benzene rings is 1. The summed E-state index contributed by atoms with van der Waals surface area (Å²) in [7, 11) is 0. The number of hydrogen-bond acceptors (Lipinski definition) is 1. The molecule has 1 nitrogen and oxygen atoms in total. The molecule has 1 aromatic rings. The van der Waals surface area contributed by atoms with Crippen LogP contribution in [-0.2, 0) is 0 Å². The minimum absolute atomic E-state index is 0.527. The van der Waals surface area contributed by atoms with Crippen molar-refractivity contribution in [1.29, 1.82) is 0 Å². The average Bonchev–Trinajstić information content (AvgIpc) is 2.04. The second-order valence-electron chi connectivity index (χ2n) is 3.84. The van der Waals surface area contributed by atoms with Gasteiger partial charge in [0, 0.05) is 23.8 Å². The summed E-state index contributed by atoms with van der Waals surface area (Å²) in [5.74, 6) is 0. The molecule has 0 N–H and O–H groups in total. The summed E-state index contributed by atoms with van der Waals surface area (Å²) < 4.78 is 0. The Bertz CT molecular complexity index is 231. The molecule has 0 bridgehead atoms. The van der Waals surface area contributed by atoms with E-state index in [1.807, 2.05) is 12.1 Å². The summed E-state index contributed by atoms with van der Waals surface area (Å²) in [6.45, 7) is 8.84. The third-order valence-electron chi connectivity index (χ3n) is 2.08. The zero-order valence-electron chi connectivity index (χ0n) is 8.91. The molecule has 0 unspecified atom stereocenters. The lowest BCUT2D eigenvalue weighted by Crippen LogP contribution is -2.36. The van der Waals surface area contributed by atoms with E-state index in [9.17, 15) is 0 Å². The highest BCUT2D eigenvalue weighted by atomic mass is 15.2. The topological polar surface area (TPSA) is 3.24 Å². The van der Waals surface area contributed by atoms with Gasteiger partial charge in [0.05, 0.1) is 0 Å². The van der Waals surface area contributed by atoms with E-state index in [0.717, 1.165) is 0 Å². The molecule has 0 saturated heterocycles. The van der Waals surface area contributed by atoms with E-state index in [1.54, 1.807) is 0 Å². The van der Waals surface area contributed by atoms with Crippen LogP contribution in [0.4, 0.5) is 5.69 Å². The molecule has 13 heavy (non-hydrogen) atoms. The lowest BCUT2D eigenvalue weighted by atomic mass is 10.2. The molecule has 0 aliphatic heterocycles. The van der Waals surface area contributed by atoms with Crippen molar-refractivity contribution < 1.29 is 0 Å². The van der Waals surface area contributed by atoms with Gasteiger partial charge in [0.15, 0.2) is 0 Å². The molecule has 0 aliphatic rings. The van der Waals surface area contributed by atoms with Crippen LogP contribution in [-0.4, -0.2) is 12.1 Å². The smallest absolute Gasteiger partial charge is 0.0451 e. The fourth-order valence-electron chi connectivity index (χ4n) is 1.70. The Hall–Kier alpha value is -0.980. The van der Waals surface area contributed by atoms with Gasteiger partial charge in [-0.15, -0.1) is 0 Å². The molecular formula is C12H18N.